The van der Waals surface area contributed by atoms with Gasteiger partial charge in [-0.1, -0.05) is 36.4 Å². The summed E-state index contributed by atoms with van der Waals surface area (Å²) in [6, 6.07) is 15.2. The van der Waals surface area contributed by atoms with Crippen LogP contribution in [0.4, 0.5) is 0 Å². The summed E-state index contributed by atoms with van der Waals surface area (Å²) in [5, 5.41) is 6.95. The number of pyridine rings is 1. The van der Waals surface area contributed by atoms with Gasteiger partial charge >= 0.3 is 0 Å². The lowest BCUT2D eigenvalue weighted by Crippen LogP contribution is -2.48. The highest BCUT2D eigenvalue weighted by molar-refractivity contribution is 5.79. The van der Waals surface area contributed by atoms with Gasteiger partial charge in [-0.2, -0.15) is 0 Å². The number of piperidine rings is 1. The Morgan fingerprint density at radius 1 is 1.15 bits per heavy atom. The highest BCUT2D eigenvalue weighted by Crippen LogP contribution is 2.13. The molecule has 1 aliphatic heterocycles. The molecule has 3 rings (SSSR count). The number of rotatable bonds is 5. The molecule has 0 radical (unpaired) electrons. The zero-order valence-corrected chi connectivity index (χ0v) is 15.8. The van der Waals surface area contributed by atoms with E-state index in [2.05, 4.69) is 68.8 Å². The number of guanidine groups is 1. The van der Waals surface area contributed by atoms with Crippen LogP contribution in [-0.4, -0.2) is 42.0 Å². The van der Waals surface area contributed by atoms with Gasteiger partial charge in [0.1, 0.15) is 0 Å². The summed E-state index contributed by atoms with van der Waals surface area (Å²) in [7, 11) is 1.82. The van der Waals surface area contributed by atoms with E-state index in [9.17, 15) is 0 Å². The molecule has 2 heterocycles. The molecule has 1 aromatic carbocycles. The summed E-state index contributed by atoms with van der Waals surface area (Å²) in [5.74, 6) is 0.858. The fraction of sp³-hybridized carbons (Fsp3) is 0.429. The zero-order chi connectivity index (χ0) is 18.2. The van der Waals surface area contributed by atoms with Crippen molar-refractivity contribution in [2.24, 2.45) is 4.99 Å². The molecule has 0 amide bonds. The summed E-state index contributed by atoms with van der Waals surface area (Å²) in [4.78, 5) is 11.3. The van der Waals surface area contributed by atoms with Gasteiger partial charge in [0.15, 0.2) is 5.96 Å². The van der Waals surface area contributed by atoms with Gasteiger partial charge in [-0.25, -0.2) is 0 Å². The maximum Gasteiger partial charge on any atom is 0.191 e. The number of benzene rings is 1. The van der Waals surface area contributed by atoms with Gasteiger partial charge in [0.25, 0.3) is 0 Å². The van der Waals surface area contributed by atoms with E-state index in [0.29, 0.717) is 12.6 Å². The Morgan fingerprint density at radius 2 is 1.92 bits per heavy atom. The van der Waals surface area contributed by atoms with E-state index in [1.807, 2.05) is 19.3 Å². The molecule has 26 heavy (non-hydrogen) atoms. The molecule has 1 saturated heterocycles. The molecule has 1 aromatic heterocycles. The van der Waals surface area contributed by atoms with Crippen LogP contribution in [0.5, 0.6) is 0 Å². The molecule has 1 fully saturated rings. The Bertz CT molecular complexity index is 705. The van der Waals surface area contributed by atoms with E-state index in [4.69, 9.17) is 0 Å². The van der Waals surface area contributed by atoms with E-state index in [0.717, 1.165) is 44.1 Å². The molecule has 5 heteroatoms. The molecular weight excluding hydrogens is 322 g/mol. The van der Waals surface area contributed by atoms with Crippen LogP contribution in [0.1, 0.15) is 29.7 Å². The Kier molecular flexibility index (Phi) is 6.61. The van der Waals surface area contributed by atoms with Gasteiger partial charge in [0, 0.05) is 38.9 Å². The summed E-state index contributed by atoms with van der Waals surface area (Å²) < 4.78 is 0. The van der Waals surface area contributed by atoms with E-state index in [1.54, 1.807) is 0 Å². The van der Waals surface area contributed by atoms with Gasteiger partial charge in [-0.05, 0) is 37.0 Å². The van der Waals surface area contributed by atoms with Crippen molar-refractivity contribution < 1.29 is 0 Å². The van der Waals surface area contributed by atoms with Gasteiger partial charge in [-0.3, -0.25) is 14.9 Å². The van der Waals surface area contributed by atoms with Crippen LogP contribution in [-0.2, 0) is 13.1 Å². The fourth-order valence-electron chi connectivity index (χ4n) is 3.34. The Hall–Kier alpha value is -2.40. The number of nitrogens with zero attached hydrogens (tertiary/aromatic N) is 3. The van der Waals surface area contributed by atoms with E-state index in [1.165, 1.54) is 11.1 Å². The minimum atomic E-state index is 0.470. The second kappa shape index (κ2) is 9.34. The van der Waals surface area contributed by atoms with Crippen LogP contribution in [0.25, 0.3) is 0 Å². The lowest BCUT2D eigenvalue weighted by Gasteiger charge is -2.33. The number of aliphatic imine (C=N–C) groups is 1. The van der Waals surface area contributed by atoms with Crippen LogP contribution in [0.15, 0.2) is 53.7 Å². The first-order valence-electron chi connectivity index (χ1n) is 9.38. The predicted octanol–water partition coefficient (Wildman–Crippen LogP) is 2.72. The first kappa shape index (κ1) is 18.4. The average Bonchev–Trinajstić information content (AvgIpc) is 2.68. The van der Waals surface area contributed by atoms with Crippen molar-refractivity contribution in [2.75, 3.05) is 20.1 Å². The summed E-state index contributed by atoms with van der Waals surface area (Å²) >= 11 is 0. The molecule has 0 unspecified atom stereocenters. The maximum atomic E-state index is 4.43. The first-order chi connectivity index (χ1) is 12.7. The van der Waals surface area contributed by atoms with Crippen molar-refractivity contribution in [1.82, 2.24) is 20.5 Å². The lowest BCUT2D eigenvalue weighted by molar-refractivity contribution is 0.198. The second-order valence-corrected chi connectivity index (χ2v) is 6.87. The average molecular weight is 351 g/mol. The maximum absolute atomic E-state index is 4.43. The van der Waals surface area contributed by atoms with Crippen molar-refractivity contribution in [2.45, 2.75) is 38.9 Å². The van der Waals surface area contributed by atoms with Gasteiger partial charge in [0.2, 0.25) is 0 Å². The molecule has 2 N–H and O–H groups in total. The molecule has 0 atom stereocenters. The third-order valence-corrected chi connectivity index (χ3v) is 4.94. The number of aromatic nitrogens is 1. The monoisotopic (exact) mass is 351 g/mol. The molecule has 0 spiro atoms. The van der Waals surface area contributed by atoms with Crippen molar-refractivity contribution in [3.8, 4) is 0 Å². The van der Waals surface area contributed by atoms with Crippen LogP contribution >= 0.6 is 0 Å². The molecule has 0 aliphatic carbocycles. The molecule has 1 aliphatic rings. The van der Waals surface area contributed by atoms with Gasteiger partial charge in [-0.15, -0.1) is 0 Å². The predicted molar refractivity (Wildman–Crippen MR) is 107 cm³/mol. The summed E-state index contributed by atoms with van der Waals surface area (Å²) in [5.41, 5.74) is 3.65. The minimum Gasteiger partial charge on any atom is -0.354 e. The normalized spacial score (nSPS) is 16.5. The van der Waals surface area contributed by atoms with Crippen molar-refractivity contribution in [1.29, 1.82) is 0 Å². The standard InChI is InChI=1S/C21H29N5/c1-17-7-6-12-23-20(17)15-24-21(22-2)25-19-10-13-26(14-11-19)16-18-8-4-3-5-9-18/h3-9,12,19H,10-11,13-16H2,1-2H3,(H2,22,24,25). The quantitative estimate of drug-likeness (QED) is 0.642. The highest BCUT2D eigenvalue weighted by Gasteiger charge is 2.20. The highest BCUT2D eigenvalue weighted by atomic mass is 15.2. The topological polar surface area (TPSA) is 52.6 Å². The van der Waals surface area contributed by atoms with Crippen molar-refractivity contribution in [3.05, 3.63) is 65.5 Å². The number of nitrogens with one attached hydrogen (secondary N) is 2. The van der Waals surface area contributed by atoms with E-state index in [-0.39, 0.29) is 0 Å². The number of aryl methyl sites for hydroxylation is 1. The van der Waals surface area contributed by atoms with Crippen LogP contribution in [0.2, 0.25) is 0 Å². The molecule has 0 bridgehead atoms. The van der Waals surface area contributed by atoms with E-state index < -0.39 is 0 Å². The first-order valence-corrected chi connectivity index (χ1v) is 9.38. The number of likely N-dealkylation sites (tertiary alicyclic amines) is 1. The number of hydrogen-bond acceptors (Lipinski definition) is 3. The van der Waals surface area contributed by atoms with Crippen molar-refractivity contribution >= 4 is 5.96 Å². The van der Waals surface area contributed by atoms with Crippen LogP contribution < -0.4 is 10.6 Å². The lowest BCUT2D eigenvalue weighted by atomic mass is 10.0. The Balaban J connectivity index is 1.43. The van der Waals surface area contributed by atoms with Crippen LogP contribution in [0, 0.1) is 6.92 Å². The number of hydrogen-bond donors (Lipinski definition) is 2. The SMILES string of the molecule is CN=C(NCc1ncccc1C)NC1CCN(Cc2ccccc2)CC1. The molecule has 138 valence electrons. The summed E-state index contributed by atoms with van der Waals surface area (Å²) in [6.45, 7) is 6.05. The molecule has 2 aromatic rings. The molecule has 0 saturated carbocycles. The fourth-order valence-corrected chi connectivity index (χ4v) is 3.34. The smallest absolute Gasteiger partial charge is 0.191 e. The molecular formula is C21H29N5. The van der Waals surface area contributed by atoms with Gasteiger partial charge < -0.3 is 10.6 Å². The third-order valence-electron chi connectivity index (χ3n) is 4.94. The van der Waals surface area contributed by atoms with E-state index >= 15 is 0 Å². The second-order valence-electron chi connectivity index (χ2n) is 6.87. The van der Waals surface area contributed by atoms with Gasteiger partial charge in [0.05, 0.1) is 12.2 Å². The minimum absolute atomic E-state index is 0.470. The summed E-state index contributed by atoms with van der Waals surface area (Å²) in [6.07, 6.45) is 4.11. The third kappa shape index (κ3) is 5.30. The van der Waals surface area contributed by atoms with Crippen LogP contribution in [0.3, 0.4) is 0 Å². The van der Waals surface area contributed by atoms with Crippen molar-refractivity contribution in [3.63, 3.8) is 0 Å². The Labute approximate surface area is 156 Å². The zero-order valence-electron chi connectivity index (χ0n) is 15.8. The molecule has 5 nitrogen and oxygen atoms in total. The Morgan fingerprint density at radius 3 is 2.62 bits per heavy atom. The largest absolute Gasteiger partial charge is 0.354 e.